The van der Waals surface area contributed by atoms with Crippen molar-refractivity contribution in [3.05, 3.63) is 57.4 Å². The molecule has 124 valence electrons. The van der Waals surface area contributed by atoms with E-state index in [9.17, 15) is 0 Å². The van der Waals surface area contributed by atoms with Crippen molar-refractivity contribution in [3.63, 3.8) is 0 Å². The minimum atomic E-state index is 0.0819. The summed E-state index contributed by atoms with van der Waals surface area (Å²) in [7, 11) is 3.34. The fourth-order valence-corrected chi connectivity index (χ4v) is 4.97. The molecule has 4 rings (SSSR count). The lowest BCUT2D eigenvalue weighted by atomic mass is 9.92. The molecule has 1 aliphatic heterocycles. The van der Waals surface area contributed by atoms with Crippen molar-refractivity contribution < 1.29 is 9.47 Å². The smallest absolute Gasteiger partial charge is 0.161 e. The molecule has 2 heterocycles. The van der Waals surface area contributed by atoms with Gasteiger partial charge >= 0.3 is 0 Å². The molecular weight excluding hydrogens is 342 g/mol. The lowest BCUT2D eigenvalue weighted by Gasteiger charge is -2.27. The van der Waals surface area contributed by atoms with Gasteiger partial charge in [0.15, 0.2) is 11.5 Å². The van der Waals surface area contributed by atoms with Crippen molar-refractivity contribution in [1.82, 2.24) is 5.32 Å². The largest absolute Gasteiger partial charge is 0.493 e. The van der Waals surface area contributed by atoms with Gasteiger partial charge in [-0.25, -0.2) is 0 Å². The van der Waals surface area contributed by atoms with E-state index in [1.54, 1.807) is 25.6 Å². The Morgan fingerprint density at radius 3 is 2.62 bits per heavy atom. The highest BCUT2D eigenvalue weighted by Gasteiger charge is 2.27. The van der Waals surface area contributed by atoms with E-state index in [0.29, 0.717) is 0 Å². The number of ether oxygens (including phenoxy) is 2. The highest BCUT2D eigenvalue weighted by Crippen LogP contribution is 2.44. The number of fused-ring (bicyclic) bond motifs is 2. The fourth-order valence-electron chi connectivity index (χ4n) is 3.34. The number of benzene rings is 2. The van der Waals surface area contributed by atoms with Gasteiger partial charge in [0, 0.05) is 21.5 Å². The van der Waals surface area contributed by atoms with Crippen molar-refractivity contribution in [2.45, 2.75) is 12.5 Å². The number of hydrogen-bond acceptors (Lipinski definition) is 4. The Hall–Kier alpha value is -1.75. The molecule has 3 nitrogen and oxygen atoms in total. The maximum atomic E-state index is 6.70. The van der Waals surface area contributed by atoms with Crippen LogP contribution in [0.2, 0.25) is 5.02 Å². The number of methoxy groups -OCH3 is 2. The fraction of sp³-hybridized carbons (Fsp3) is 0.263. The van der Waals surface area contributed by atoms with Crippen LogP contribution in [-0.4, -0.2) is 20.8 Å². The normalized spacial score (nSPS) is 16.9. The molecule has 1 aliphatic rings. The second-order valence-electron chi connectivity index (χ2n) is 5.82. The quantitative estimate of drug-likeness (QED) is 0.728. The molecule has 0 saturated carbocycles. The van der Waals surface area contributed by atoms with E-state index in [-0.39, 0.29) is 6.04 Å². The molecule has 5 heteroatoms. The summed E-state index contributed by atoms with van der Waals surface area (Å²) in [6.45, 7) is 0.914. The van der Waals surface area contributed by atoms with Gasteiger partial charge in [0.05, 0.1) is 25.3 Å². The Balaban J connectivity index is 1.87. The predicted molar refractivity (Wildman–Crippen MR) is 99.9 cm³/mol. The summed E-state index contributed by atoms with van der Waals surface area (Å²) < 4.78 is 12.2. The number of rotatable bonds is 3. The molecule has 3 aromatic rings. The van der Waals surface area contributed by atoms with Crippen LogP contribution in [0.4, 0.5) is 0 Å². The average molecular weight is 360 g/mol. The van der Waals surface area contributed by atoms with Gasteiger partial charge in [0.25, 0.3) is 0 Å². The van der Waals surface area contributed by atoms with E-state index < -0.39 is 0 Å². The maximum absolute atomic E-state index is 6.70. The van der Waals surface area contributed by atoms with E-state index in [1.807, 2.05) is 6.07 Å². The number of hydrogen-bond donors (Lipinski definition) is 1. The molecule has 2 aromatic carbocycles. The number of halogens is 1. The van der Waals surface area contributed by atoms with Crippen molar-refractivity contribution >= 4 is 33.0 Å². The summed E-state index contributed by atoms with van der Waals surface area (Å²) in [6, 6.07) is 12.5. The molecule has 1 atom stereocenters. The summed E-state index contributed by atoms with van der Waals surface area (Å²) in [5.41, 5.74) is 2.50. The second-order valence-corrected chi connectivity index (χ2v) is 7.28. The zero-order valence-electron chi connectivity index (χ0n) is 13.6. The Kier molecular flexibility index (Phi) is 4.12. The van der Waals surface area contributed by atoms with Crippen LogP contribution < -0.4 is 14.8 Å². The second kappa shape index (κ2) is 6.28. The third kappa shape index (κ3) is 2.46. The third-order valence-corrected chi connectivity index (χ3v) is 6.28. The number of nitrogens with one attached hydrogen (secondary N) is 1. The summed E-state index contributed by atoms with van der Waals surface area (Å²) in [5, 5.41) is 5.57. The maximum Gasteiger partial charge on any atom is 0.161 e. The first kappa shape index (κ1) is 15.8. The van der Waals surface area contributed by atoms with Crippen molar-refractivity contribution in [3.8, 4) is 11.5 Å². The molecule has 0 radical (unpaired) electrons. The van der Waals surface area contributed by atoms with Gasteiger partial charge in [0.2, 0.25) is 0 Å². The monoisotopic (exact) mass is 359 g/mol. The first-order chi connectivity index (χ1) is 11.7. The molecule has 1 aromatic heterocycles. The summed E-state index contributed by atoms with van der Waals surface area (Å²) in [5.74, 6) is 1.53. The molecule has 24 heavy (non-hydrogen) atoms. The van der Waals surface area contributed by atoms with Gasteiger partial charge < -0.3 is 14.8 Å². The molecule has 0 saturated heterocycles. The predicted octanol–water partition coefficient (Wildman–Crippen LogP) is 4.81. The van der Waals surface area contributed by atoms with Crippen LogP contribution in [0.15, 0.2) is 36.4 Å². The van der Waals surface area contributed by atoms with Gasteiger partial charge in [-0.3, -0.25) is 0 Å². The van der Waals surface area contributed by atoms with Crippen LogP contribution in [0.1, 0.15) is 22.0 Å². The molecule has 0 spiro atoms. The van der Waals surface area contributed by atoms with E-state index >= 15 is 0 Å². The van der Waals surface area contributed by atoms with E-state index in [1.165, 1.54) is 15.8 Å². The van der Waals surface area contributed by atoms with Crippen LogP contribution in [0.3, 0.4) is 0 Å². The lowest BCUT2D eigenvalue weighted by molar-refractivity contribution is 0.353. The Bertz CT molecular complexity index is 906. The van der Waals surface area contributed by atoms with Crippen LogP contribution in [0.5, 0.6) is 11.5 Å². The Labute approximate surface area is 150 Å². The van der Waals surface area contributed by atoms with Crippen LogP contribution in [0.25, 0.3) is 10.1 Å². The minimum absolute atomic E-state index is 0.0819. The van der Waals surface area contributed by atoms with Gasteiger partial charge in [-0.1, -0.05) is 29.8 Å². The Morgan fingerprint density at radius 1 is 1.12 bits per heavy atom. The Morgan fingerprint density at radius 2 is 1.88 bits per heavy atom. The highest BCUT2D eigenvalue weighted by atomic mass is 35.5. The highest BCUT2D eigenvalue weighted by molar-refractivity contribution is 7.19. The zero-order valence-corrected chi connectivity index (χ0v) is 15.1. The molecule has 1 N–H and O–H groups in total. The van der Waals surface area contributed by atoms with Crippen molar-refractivity contribution in [1.29, 1.82) is 0 Å². The first-order valence-electron chi connectivity index (χ1n) is 7.88. The van der Waals surface area contributed by atoms with Crippen LogP contribution in [-0.2, 0) is 6.42 Å². The summed E-state index contributed by atoms with van der Waals surface area (Å²) >= 11 is 8.45. The standard InChI is InChI=1S/C19H18ClNO2S/c1-22-14-9-11-7-8-21-18(13(11)10-15(14)23-2)19-17(20)12-5-3-4-6-16(12)24-19/h3-6,9-10,18,21H,7-8H2,1-2H3. The van der Waals surface area contributed by atoms with Gasteiger partial charge in [-0.2, -0.15) is 0 Å². The average Bonchev–Trinajstić information content (AvgIpc) is 2.97. The zero-order chi connectivity index (χ0) is 16.7. The van der Waals surface area contributed by atoms with E-state index in [4.69, 9.17) is 21.1 Å². The lowest BCUT2D eigenvalue weighted by Crippen LogP contribution is -2.30. The van der Waals surface area contributed by atoms with Crippen molar-refractivity contribution in [2.75, 3.05) is 20.8 Å². The van der Waals surface area contributed by atoms with Gasteiger partial charge in [0.1, 0.15) is 0 Å². The van der Waals surface area contributed by atoms with Gasteiger partial charge in [-0.15, -0.1) is 11.3 Å². The van der Waals surface area contributed by atoms with Crippen molar-refractivity contribution in [2.24, 2.45) is 0 Å². The van der Waals surface area contributed by atoms with Gasteiger partial charge in [-0.05, 0) is 35.7 Å². The molecule has 0 amide bonds. The van der Waals surface area contributed by atoms with E-state index in [0.717, 1.165) is 39.8 Å². The third-order valence-electron chi connectivity index (χ3n) is 4.52. The summed E-state index contributed by atoms with van der Waals surface area (Å²) in [4.78, 5) is 1.16. The van der Waals surface area contributed by atoms with E-state index in [2.05, 4.69) is 35.6 Å². The SMILES string of the molecule is COc1cc2c(cc1OC)C(c1sc3ccccc3c1Cl)NCC2. The topological polar surface area (TPSA) is 30.5 Å². The first-order valence-corrected chi connectivity index (χ1v) is 9.07. The molecule has 0 fully saturated rings. The van der Waals surface area contributed by atoms with Crippen LogP contribution >= 0.6 is 22.9 Å². The molecule has 0 aliphatic carbocycles. The molecule has 1 unspecified atom stereocenters. The number of thiophene rings is 1. The molecule has 0 bridgehead atoms. The molecular formula is C19H18ClNO2S. The minimum Gasteiger partial charge on any atom is -0.493 e. The summed E-state index contributed by atoms with van der Waals surface area (Å²) in [6.07, 6.45) is 0.967. The van der Waals surface area contributed by atoms with Crippen LogP contribution in [0, 0.1) is 0 Å².